The Morgan fingerprint density at radius 1 is 1.47 bits per heavy atom. The molecule has 0 aromatic carbocycles. The summed E-state index contributed by atoms with van der Waals surface area (Å²) in [6.07, 6.45) is -3.21. The summed E-state index contributed by atoms with van der Waals surface area (Å²) in [4.78, 5) is 27.8. The second-order valence-corrected chi connectivity index (χ2v) is 4.04. The minimum atomic E-state index is -5.02. The van der Waals surface area contributed by atoms with E-state index in [4.69, 9.17) is 20.0 Å². The van der Waals surface area contributed by atoms with E-state index in [9.17, 15) is 14.5 Å². The molecule has 0 bridgehead atoms. The maximum absolute atomic E-state index is 11.0. The van der Waals surface area contributed by atoms with Crippen LogP contribution in [0.1, 0.15) is 0 Å². The molecule has 11 heteroatoms. The van der Waals surface area contributed by atoms with E-state index in [-0.39, 0.29) is 37.7 Å². The second-order valence-electron chi connectivity index (χ2n) is 2.87. The number of cyclic esters (lactones) is 1. The maximum atomic E-state index is 11.0. The molecule has 0 aromatic heterocycles. The first-order chi connectivity index (χ1) is 7.26. The molecule has 5 N–H and O–H groups in total. The molecule has 1 heterocycles. The number of carbonyl (C=O) groups excluding carboxylic acids is 1. The first-order valence-electron chi connectivity index (χ1n) is 3.94. The van der Waals surface area contributed by atoms with Crippen LogP contribution in [-0.2, 0) is 18.6 Å². The second kappa shape index (κ2) is 6.35. The predicted molar refractivity (Wildman–Crippen MR) is 51.5 cm³/mol. The van der Waals surface area contributed by atoms with Crippen LogP contribution < -0.4 is 0 Å². The Bertz CT molecular complexity index is 374. The van der Waals surface area contributed by atoms with Crippen molar-refractivity contribution in [3.05, 3.63) is 11.5 Å². The fourth-order valence-electron chi connectivity index (χ4n) is 1.02. The number of ether oxygens (including phenoxy) is 1. The third kappa shape index (κ3) is 4.38. The van der Waals surface area contributed by atoms with Gasteiger partial charge >= 0.3 is 13.8 Å². The zero-order valence-corrected chi connectivity index (χ0v) is 11.5. The van der Waals surface area contributed by atoms with Gasteiger partial charge in [-0.1, -0.05) is 0 Å². The monoisotopic (exact) mass is 296 g/mol. The van der Waals surface area contributed by atoms with Crippen molar-refractivity contribution in [2.45, 2.75) is 12.2 Å². The van der Waals surface area contributed by atoms with Crippen molar-refractivity contribution >= 4 is 51.5 Å². The number of aliphatic hydroxyl groups excluding tert-OH is 3. The smallest absolute Gasteiger partial charge is 0.505 e. The van der Waals surface area contributed by atoms with Gasteiger partial charge in [-0.05, 0) is 0 Å². The van der Waals surface area contributed by atoms with Crippen LogP contribution in [-0.4, -0.2) is 87.6 Å². The van der Waals surface area contributed by atoms with Crippen LogP contribution in [0.2, 0.25) is 0 Å². The van der Waals surface area contributed by atoms with E-state index in [2.05, 4.69) is 9.26 Å². The number of aliphatic hydroxyl groups is 3. The predicted octanol–water partition coefficient (Wildman–Crippen LogP) is -2.24. The van der Waals surface area contributed by atoms with E-state index < -0.39 is 44.1 Å². The van der Waals surface area contributed by atoms with Crippen LogP contribution in [0.25, 0.3) is 0 Å². The molecule has 17 heavy (non-hydrogen) atoms. The molecule has 2 radical (unpaired) electrons. The molecule has 0 amide bonds. The quantitative estimate of drug-likeness (QED) is 0.220. The summed E-state index contributed by atoms with van der Waals surface area (Å²) in [6.45, 7) is -0.814. The molecule has 0 unspecified atom stereocenters. The maximum Gasteiger partial charge on any atom is 0.525 e. The molecule has 0 saturated heterocycles. The van der Waals surface area contributed by atoms with E-state index in [0.29, 0.717) is 0 Å². The van der Waals surface area contributed by atoms with Gasteiger partial charge in [0.15, 0.2) is 11.9 Å². The molecule has 9 nitrogen and oxygen atoms in total. The fourth-order valence-corrected chi connectivity index (χ4v) is 1.42. The number of phosphoric acid groups is 1. The molecule has 0 aromatic rings. The van der Waals surface area contributed by atoms with E-state index >= 15 is 0 Å². The summed E-state index contributed by atoms with van der Waals surface area (Å²) in [5.41, 5.74) is 0. The van der Waals surface area contributed by atoms with Crippen LogP contribution in [0.15, 0.2) is 11.5 Å². The zero-order chi connectivity index (χ0) is 12.5. The first-order valence-corrected chi connectivity index (χ1v) is 5.47. The van der Waals surface area contributed by atoms with Crippen LogP contribution in [0.4, 0.5) is 0 Å². The first kappa shape index (κ1) is 17.1. The molecule has 0 saturated carbocycles. The van der Waals surface area contributed by atoms with Gasteiger partial charge in [0.05, 0.1) is 6.61 Å². The van der Waals surface area contributed by atoms with Gasteiger partial charge < -0.3 is 24.6 Å². The van der Waals surface area contributed by atoms with E-state index in [1.165, 1.54) is 0 Å². The number of hydrogen-bond donors (Lipinski definition) is 5. The molecule has 0 spiro atoms. The third-order valence-corrected chi connectivity index (χ3v) is 2.09. The van der Waals surface area contributed by atoms with Crippen molar-refractivity contribution in [2.75, 3.05) is 6.61 Å². The minimum absolute atomic E-state index is 0. The third-order valence-electron chi connectivity index (χ3n) is 1.67. The Balaban J connectivity index is 0.00000256. The fraction of sp³-hybridized carbons (Fsp3) is 0.500. The Hall–Kier alpha value is 0.140. The molecule has 94 valence electrons. The number of esters is 1. The SMILES string of the molecule is O=C1O[C@H]([C@@H](O)CO)C(O)=C1OP(=O)(O)O.[Ca]. The van der Waals surface area contributed by atoms with Gasteiger partial charge in [0, 0.05) is 37.7 Å². The van der Waals surface area contributed by atoms with Gasteiger partial charge in [0.1, 0.15) is 6.10 Å². The van der Waals surface area contributed by atoms with Gasteiger partial charge in [-0.2, -0.15) is 0 Å². The Labute approximate surface area is 125 Å². The summed E-state index contributed by atoms with van der Waals surface area (Å²) in [7, 11) is -5.02. The molecule has 2 atom stereocenters. The minimum Gasteiger partial charge on any atom is -0.505 e. The zero-order valence-electron chi connectivity index (χ0n) is 8.39. The molecule has 1 rings (SSSR count). The van der Waals surface area contributed by atoms with Crippen molar-refractivity contribution in [1.29, 1.82) is 0 Å². The summed E-state index contributed by atoms with van der Waals surface area (Å²) in [6, 6.07) is 0. The van der Waals surface area contributed by atoms with Crippen molar-refractivity contribution in [3.8, 4) is 0 Å². The van der Waals surface area contributed by atoms with Gasteiger partial charge in [-0.3, -0.25) is 9.79 Å². The number of rotatable bonds is 4. The molecule has 1 aliphatic heterocycles. The Kier molecular flexibility index (Phi) is 6.40. The largest absolute Gasteiger partial charge is 0.525 e. The van der Waals surface area contributed by atoms with Crippen molar-refractivity contribution in [3.63, 3.8) is 0 Å². The topological polar surface area (TPSA) is 154 Å². The van der Waals surface area contributed by atoms with Crippen molar-refractivity contribution in [2.24, 2.45) is 0 Å². The van der Waals surface area contributed by atoms with E-state index in [0.717, 1.165) is 0 Å². The van der Waals surface area contributed by atoms with Crippen molar-refractivity contribution in [1.82, 2.24) is 0 Å². The number of phosphoric ester groups is 1. The van der Waals surface area contributed by atoms with Crippen LogP contribution in [0, 0.1) is 0 Å². The Morgan fingerprint density at radius 2 is 2.00 bits per heavy atom. The molecular weight excluding hydrogens is 287 g/mol. The number of hydrogen-bond acceptors (Lipinski definition) is 7. The molecule has 1 aliphatic rings. The average Bonchev–Trinajstić information content (AvgIpc) is 2.42. The molecule has 0 aliphatic carbocycles. The standard InChI is InChI=1S/C6H9O9P.Ca/c7-1-2(8)4-3(9)5(6(10)14-4)15-16(11,12)13;/h2,4,7-9H,1H2,(H2,11,12,13);/t2-,4+;/m0./s1. The van der Waals surface area contributed by atoms with Crippen LogP contribution >= 0.6 is 7.82 Å². The normalized spacial score (nSPS) is 21.9. The summed E-state index contributed by atoms with van der Waals surface area (Å²) in [5, 5.41) is 26.9. The molecule has 0 fully saturated rings. The van der Waals surface area contributed by atoms with E-state index in [1.807, 2.05) is 0 Å². The van der Waals surface area contributed by atoms with Crippen molar-refractivity contribution < 1.29 is 43.7 Å². The number of carbonyl (C=O) groups is 1. The Morgan fingerprint density at radius 3 is 2.41 bits per heavy atom. The van der Waals surface area contributed by atoms with Crippen LogP contribution in [0.5, 0.6) is 0 Å². The van der Waals surface area contributed by atoms with E-state index in [1.54, 1.807) is 0 Å². The molecular formula is C6H9CaO9P. The summed E-state index contributed by atoms with van der Waals surface area (Å²) < 4.78 is 18.7. The average molecular weight is 296 g/mol. The summed E-state index contributed by atoms with van der Waals surface area (Å²) in [5.74, 6) is -3.39. The van der Waals surface area contributed by atoms with Gasteiger partial charge in [0.25, 0.3) is 5.76 Å². The van der Waals surface area contributed by atoms with Gasteiger partial charge in [-0.15, -0.1) is 0 Å². The summed E-state index contributed by atoms with van der Waals surface area (Å²) >= 11 is 0. The van der Waals surface area contributed by atoms with Gasteiger partial charge in [-0.25, -0.2) is 9.36 Å². The van der Waals surface area contributed by atoms with Gasteiger partial charge in [0.2, 0.25) is 0 Å². The van der Waals surface area contributed by atoms with Crippen LogP contribution in [0.3, 0.4) is 0 Å².